The van der Waals surface area contributed by atoms with Crippen LogP contribution in [-0.4, -0.2) is 25.3 Å². The maximum Gasteiger partial charge on any atom is 0.0471 e. The average molecular weight is 255 g/mol. The fourth-order valence-corrected chi connectivity index (χ4v) is 2.41. The summed E-state index contributed by atoms with van der Waals surface area (Å²) in [7, 11) is 0. The molecule has 0 bridgehead atoms. The molecule has 2 heteroatoms. The van der Waals surface area contributed by atoms with Gasteiger partial charge in [0.15, 0.2) is 0 Å². The highest BCUT2D eigenvalue weighted by atomic mass is 16.5. The zero-order valence-electron chi connectivity index (χ0n) is 13.4. The standard InChI is InChI=1S/C16H33NO/c1-14(2,3)7-8-16(9-11-18-12-10-16)13-17-15(4,5)6/h17H,7-13H2,1-6H3. The molecule has 1 aliphatic rings. The lowest BCUT2D eigenvalue weighted by molar-refractivity contribution is 0.00241. The molecule has 0 aromatic carbocycles. The summed E-state index contributed by atoms with van der Waals surface area (Å²) in [6.45, 7) is 16.8. The molecule has 1 fully saturated rings. The van der Waals surface area contributed by atoms with E-state index in [1.54, 1.807) is 0 Å². The Balaban J connectivity index is 2.57. The van der Waals surface area contributed by atoms with Gasteiger partial charge in [0.05, 0.1) is 0 Å². The fourth-order valence-electron chi connectivity index (χ4n) is 2.41. The number of hydrogen-bond donors (Lipinski definition) is 1. The summed E-state index contributed by atoms with van der Waals surface area (Å²) < 4.78 is 5.56. The van der Waals surface area contributed by atoms with Crippen molar-refractivity contribution in [3.05, 3.63) is 0 Å². The molecule has 1 rings (SSSR count). The van der Waals surface area contributed by atoms with Crippen LogP contribution in [0.25, 0.3) is 0 Å². The summed E-state index contributed by atoms with van der Waals surface area (Å²) in [5.41, 5.74) is 1.11. The number of nitrogens with one attached hydrogen (secondary N) is 1. The van der Waals surface area contributed by atoms with Gasteiger partial charge in [0.2, 0.25) is 0 Å². The normalized spacial score (nSPS) is 21.0. The van der Waals surface area contributed by atoms with Crippen molar-refractivity contribution in [3.8, 4) is 0 Å². The highest BCUT2D eigenvalue weighted by Crippen LogP contribution is 2.38. The van der Waals surface area contributed by atoms with Crippen LogP contribution in [0.15, 0.2) is 0 Å². The maximum atomic E-state index is 5.56. The average Bonchev–Trinajstić information content (AvgIpc) is 2.24. The van der Waals surface area contributed by atoms with Crippen molar-refractivity contribution in [1.82, 2.24) is 5.32 Å². The quantitative estimate of drug-likeness (QED) is 0.820. The predicted octanol–water partition coefficient (Wildman–Crippen LogP) is 4.00. The molecule has 0 aliphatic carbocycles. The number of rotatable bonds is 4. The van der Waals surface area contributed by atoms with Crippen LogP contribution in [0, 0.1) is 10.8 Å². The summed E-state index contributed by atoms with van der Waals surface area (Å²) in [5.74, 6) is 0. The van der Waals surface area contributed by atoms with E-state index in [4.69, 9.17) is 4.74 Å². The third-order valence-electron chi connectivity index (χ3n) is 3.95. The zero-order chi connectivity index (χ0) is 13.9. The van der Waals surface area contributed by atoms with Crippen LogP contribution in [0.1, 0.15) is 67.2 Å². The maximum absolute atomic E-state index is 5.56. The van der Waals surface area contributed by atoms with E-state index in [2.05, 4.69) is 46.9 Å². The van der Waals surface area contributed by atoms with Gasteiger partial charge in [-0.3, -0.25) is 0 Å². The summed E-state index contributed by atoms with van der Waals surface area (Å²) in [6, 6.07) is 0. The van der Waals surface area contributed by atoms with Crippen LogP contribution in [-0.2, 0) is 4.74 Å². The fraction of sp³-hybridized carbons (Fsp3) is 1.00. The molecule has 1 saturated heterocycles. The molecule has 0 spiro atoms. The minimum absolute atomic E-state index is 0.215. The van der Waals surface area contributed by atoms with Crippen LogP contribution < -0.4 is 5.32 Å². The van der Waals surface area contributed by atoms with Gasteiger partial charge in [-0.2, -0.15) is 0 Å². The Labute approximate surface area is 114 Å². The Morgan fingerprint density at radius 3 is 2.00 bits per heavy atom. The van der Waals surface area contributed by atoms with E-state index in [0.29, 0.717) is 10.8 Å². The second-order valence-electron chi connectivity index (χ2n) is 8.28. The lowest BCUT2D eigenvalue weighted by Crippen LogP contribution is -2.46. The Bertz CT molecular complexity index is 221. The van der Waals surface area contributed by atoms with Crippen LogP contribution in [0.5, 0.6) is 0 Å². The highest BCUT2D eigenvalue weighted by Gasteiger charge is 2.34. The largest absolute Gasteiger partial charge is 0.381 e. The van der Waals surface area contributed by atoms with Crippen molar-refractivity contribution in [2.45, 2.75) is 72.8 Å². The van der Waals surface area contributed by atoms with Gasteiger partial charge >= 0.3 is 0 Å². The molecule has 1 heterocycles. The second kappa shape index (κ2) is 5.92. The van der Waals surface area contributed by atoms with Crippen LogP contribution >= 0.6 is 0 Å². The van der Waals surface area contributed by atoms with E-state index >= 15 is 0 Å². The summed E-state index contributed by atoms with van der Waals surface area (Å²) in [4.78, 5) is 0. The van der Waals surface area contributed by atoms with Gasteiger partial charge in [-0.05, 0) is 57.3 Å². The van der Waals surface area contributed by atoms with Gasteiger partial charge in [-0.15, -0.1) is 0 Å². The molecule has 2 nitrogen and oxygen atoms in total. The van der Waals surface area contributed by atoms with Gasteiger partial charge in [0.1, 0.15) is 0 Å². The van der Waals surface area contributed by atoms with E-state index < -0.39 is 0 Å². The summed E-state index contributed by atoms with van der Waals surface area (Å²) in [6.07, 6.45) is 5.06. The molecule has 0 atom stereocenters. The molecule has 0 radical (unpaired) electrons. The first-order valence-electron chi connectivity index (χ1n) is 7.45. The van der Waals surface area contributed by atoms with Crippen LogP contribution in [0.3, 0.4) is 0 Å². The van der Waals surface area contributed by atoms with Crippen LogP contribution in [0.4, 0.5) is 0 Å². The smallest absolute Gasteiger partial charge is 0.0471 e. The van der Waals surface area contributed by atoms with Gasteiger partial charge in [-0.25, -0.2) is 0 Å². The van der Waals surface area contributed by atoms with Crippen molar-refractivity contribution in [3.63, 3.8) is 0 Å². The third-order valence-corrected chi connectivity index (χ3v) is 3.95. The first kappa shape index (κ1) is 16.0. The Hall–Kier alpha value is -0.0800. The zero-order valence-corrected chi connectivity index (χ0v) is 13.4. The Morgan fingerprint density at radius 1 is 1.00 bits per heavy atom. The molecule has 1 N–H and O–H groups in total. The number of hydrogen-bond acceptors (Lipinski definition) is 2. The van der Waals surface area contributed by atoms with E-state index in [1.807, 2.05) is 0 Å². The van der Waals surface area contributed by atoms with Crippen LogP contribution in [0.2, 0.25) is 0 Å². The molecule has 0 unspecified atom stereocenters. The number of ether oxygens (including phenoxy) is 1. The molecular weight excluding hydrogens is 222 g/mol. The minimum Gasteiger partial charge on any atom is -0.381 e. The van der Waals surface area contributed by atoms with E-state index in [1.165, 1.54) is 25.7 Å². The Kier molecular flexibility index (Phi) is 5.25. The molecule has 0 aromatic rings. The monoisotopic (exact) mass is 255 g/mol. The lowest BCUT2D eigenvalue weighted by Gasteiger charge is -2.41. The van der Waals surface area contributed by atoms with Crippen molar-refractivity contribution in [1.29, 1.82) is 0 Å². The van der Waals surface area contributed by atoms with Gasteiger partial charge in [-0.1, -0.05) is 20.8 Å². The van der Waals surface area contributed by atoms with Gasteiger partial charge in [0.25, 0.3) is 0 Å². The van der Waals surface area contributed by atoms with Crippen molar-refractivity contribution in [2.24, 2.45) is 10.8 Å². The highest BCUT2D eigenvalue weighted by molar-refractivity contribution is 4.87. The predicted molar refractivity (Wildman–Crippen MR) is 78.9 cm³/mol. The topological polar surface area (TPSA) is 21.3 Å². The van der Waals surface area contributed by atoms with Crippen molar-refractivity contribution < 1.29 is 4.74 Å². The second-order valence-corrected chi connectivity index (χ2v) is 8.28. The summed E-state index contributed by atoms with van der Waals surface area (Å²) >= 11 is 0. The Morgan fingerprint density at radius 2 is 1.56 bits per heavy atom. The molecule has 0 amide bonds. The van der Waals surface area contributed by atoms with Crippen molar-refractivity contribution >= 4 is 0 Å². The van der Waals surface area contributed by atoms with E-state index in [-0.39, 0.29) is 5.54 Å². The molecular formula is C16H33NO. The first-order valence-corrected chi connectivity index (χ1v) is 7.45. The van der Waals surface area contributed by atoms with Gasteiger partial charge < -0.3 is 10.1 Å². The molecule has 108 valence electrons. The van der Waals surface area contributed by atoms with Gasteiger partial charge in [0, 0.05) is 25.3 Å². The van der Waals surface area contributed by atoms with E-state index in [9.17, 15) is 0 Å². The SMILES string of the molecule is CC(C)(C)CCC1(CNC(C)(C)C)CCOCC1. The molecule has 1 aliphatic heterocycles. The lowest BCUT2D eigenvalue weighted by atomic mass is 9.72. The molecule has 0 saturated carbocycles. The third kappa shape index (κ3) is 6.19. The van der Waals surface area contributed by atoms with E-state index in [0.717, 1.165) is 19.8 Å². The first-order chi connectivity index (χ1) is 8.12. The molecule has 18 heavy (non-hydrogen) atoms. The molecule has 0 aromatic heterocycles. The van der Waals surface area contributed by atoms with Crippen molar-refractivity contribution in [2.75, 3.05) is 19.8 Å². The summed E-state index contributed by atoms with van der Waals surface area (Å²) in [5, 5.41) is 3.71. The minimum atomic E-state index is 0.215.